The number of benzene rings is 2. The van der Waals surface area contributed by atoms with Crippen LogP contribution in [0.1, 0.15) is 5.56 Å². The molecule has 0 aliphatic heterocycles. The lowest BCUT2D eigenvalue weighted by Crippen LogP contribution is -2.16. The molecular formula is C16H15BrN2O3. The smallest absolute Gasteiger partial charge is 0.265 e. The minimum absolute atomic E-state index is 0.168. The fourth-order valence-electron chi connectivity index (χ4n) is 1.73. The number of ether oxygens (including phenoxy) is 1. The van der Waals surface area contributed by atoms with Crippen LogP contribution in [0.25, 0.3) is 0 Å². The van der Waals surface area contributed by atoms with Gasteiger partial charge in [0.25, 0.3) is 5.91 Å². The van der Waals surface area contributed by atoms with Gasteiger partial charge in [-0.2, -0.15) is 0 Å². The number of anilines is 1. The molecular weight excluding hydrogens is 348 g/mol. The Labute approximate surface area is 137 Å². The molecule has 0 spiro atoms. The SMILES string of the molecule is COc1ccccc1/C=N\OCC(=O)Nc1cccc(Br)c1. The normalized spacial score (nSPS) is 10.5. The van der Waals surface area contributed by atoms with Crippen LogP contribution >= 0.6 is 15.9 Å². The van der Waals surface area contributed by atoms with Gasteiger partial charge in [0.2, 0.25) is 0 Å². The molecule has 0 saturated carbocycles. The summed E-state index contributed by atoms with van der Waals surface area (Å²) in [6, 6.07) is 14.7. The molecule has 5 nitrogen and oxygen atoms in total. The van der Waals surface area contributed by atoms with Crippen molar-refractivity contribution < 1.29 is 14.4 Å². The van der Waals surface area contributed by atoms with Crippen molar-refractivity contribution in [1.82, 2.24) is 0 Å². The predicted molar refractivity (Wildman–Crippen MR) is 89.3 cm³/mol. The lowest BCUT2D eigenvalue weighted by Gasteiger charge is -2.05. The van der Waals surface area contributed by atoms with Crippen LogP contribution in [-0.2, 0) is 9.63 Å². The summed E-state index contributed by atoms with van der Waals surface area (Å²) in [5.41, 5.74) is 1.47. The summed E-state index contributed by atoms with van der Waals surface area (Å²) in [6.07, 6.45) is 1.51. The minimum Gasteiger partial charge on any atom is -0.496 e. The van der Waals surface area contributed by atoms with E-state index in [1.807, 2.05) is 36.4 Å². The van der Waals surface area contributed by atoms with E-state index in [9.17, 15) is 4.79 Å². The summed E-state index contributed by atoms with van der Waals surface area (Å²) in [6.45, 7) is -0.168. The van der Waals surface area contributed by atoms with Crippen molar-refractivity contribution in [2.24, 2.45) is 5.16 Å². The average Bonchev–Trinajstić information content (AvgIpc) is 2.52. The summed E-state index contributed by atoms with van der Waals surface area (Å²) in [5.74, 6) is 0.406. The Morgan fingerprint density at radius 3 is 2.86 bits per heavy atom. The van der Waals surface area contributed by atoms with Gasteiger partial charge in [-0.05, 0) is 30.3 Å². The van der Waals surface area contributed by atoms with Crippen molar-refractivity contribution in [3.05, 3.63) is 58.6 Å². The zero-order chi connectivity index (χ0) is 15.8. The number of hydrogen-bond donors (Lipinski definition) is 1. The molecule has 22 heavy (non-hydrogen) atoms. The maximum absolute atomic E-state index is 11.7. The van der Waals surface area contributed by atoms with Gasteiger partial charge in [-0.25, -0.2) is 0 Å². The molecule has 2 aromatic rings. The predicted octanol–water partition coefficient (Wildman–Crippen LogP) is 3.45. The third-order valence-corrected chi connectivity index (χ3v) is 3.20. The molecule has 0 radical (unpaired) electrons. The minimum atomic E-state index is -0.282. The van der Waals surface area contributed by atoms with Gasteiger partial charge in [0.1, 0.15) is 5.75 Å². The van der Waals surface area contributed by atoms with Crippen molar-refractivity contribution in [2.45, 2.75) is 0 Å². The van der Waals surface area contributed by atoms with E-state index in [1.54, 1.807) is 19.2 Å². The van der Waals surface area contributed by atoms with Gasteiger partial charge < -0.3 is 14.9 Å². The molecule has 0 aromatic heterocycles. The van der Waals surface area contributed by atoms with Gasteiger partial charge in [0.05, 0.1) is 13.3 Å². The molecule has 0 atom stereocenters. The topological polar surface area (TPSA) is 59.9 Å². The zero-order valence-electron chi connectivity index (χ0n) is 12.0. The number of carbonyl (C=O) groups is 1. The Hall–Kier alpha value is -2.34. The van der Waals surface area contributed by atoms with Crippen molar-refractivity contribution in [3.8, 4) is 5.75 Å². The first-order chi connectivity index (χ1) is 10.7. The number of para-hydroxylation sites is 1. The van der Waals surface area contributed by atoms with Crippen molar-refractivity contribution in [3.63, 3.8) is 0 Å². The third-order valence-electron chi connectivity index (χ3n) is 2.71. The molecule has 0 bridgehead atoms. The zero-order valence-corrected chi connectivity index (χ0v) is 13.5. The second-order valence-corrected chi connectivity index (χ2v) is 5.22. The summed E-state index contributed by atoms with van der Waals surface area (Å²) in [5, 5.41) is 6.49. The number of rotatable bonds is 6. The van der Waals surface area contributed by atoms with Crippen LogP contribution in [0.15, 0.2) is 58.2 Å². The van der Waals surface area contributed by atoms with E-state index < -0.39 is 0 Å². The molecule has 2 aromatic carbocycles. The molecule has 0 fully saturated rings. The number of halogens is 1. The fourth-order valence-corrected chi connectivity index (χ4v) is 2.13. The molecule has 1 N–H and O–H groups in total. The molecule has 0 heterocycles. The van der Waals surface area contributed by atoms with E-state index >= 15 is 0 Å². The van der Waals surface area contributed by atoms with Crippen LogP contribution in [0.4, 0.5) is 5.69 Å². The summed E-state index contributed by atoms with van der Waals surface area (Å²) in [4.78, 5) is 16.7. The lowest BCUT2D eigenvalue weighted by atomic mass is 10.2. The van der Waals surface area contributed by atoms with Crippen LogP contribution in [0.5, 0.6) is 5.75 Å². The Balaban J connectivity index is 1.83. The first-order valence-corrected chi connectivity index (χ1v) is 7.32. The molecule has 0 unspecified atom stereocenters. The van der Waals surface area contributed by atoms with Crippen molar-refractivity contribution in [1.29, 1.82) is 0 Å². The van der Waals surface area contributed by atoms with E-state index in [1.165, 1.54) is 6.21 Å². The number of amides is 1. The molecule has 1 amide bonds. The monoisotopic (exact) mass is 362 g/mol. The van der Waals surface area contributed by atoms with E-state index in [-0.39, 0.29) is 12.5 Å². The number of hydrogen-bond acceptors (Lipinski definition) is 4. The maximum Gasteiger partial charge on any atom is 0.265 e. The summed E-state index contributed by atoms with van der Waals surface area (Å²) < 4.78 is 6.07. The van der Waals surface area contributed by atoms with Crippen LogP contribution in [-0.4, -0.2) is 25.8 Å². The largest absolute Gasteiger partial charge is 0.496 e. The first-order valence-electron chi connectivity index (χ1n) is 6.53. The highest BCUT2D eigenvalue weighted by Gasteiger charge is 2.03. The Morgan fingerprint density at radius 1 is 1.27 bits per heavy atom. The van der Waals surface area contributed by atoms with Crippen LogP contribution in [0.2, 0.25) is 0 Å². The lowest BCUT2D eigenvalue weighted by molar-refractivity contribution is -0.120. The van der Waals surface area contributed by atoms with Crippen LogP contribution in [0, 0.1) is 0 Å². The number of oxime groups is 1. The Bertz CT molecular complexity index is 674. The highest BCUT2D eigenvalue weighted by molar-refractivity contribution is 9.10. The highest BCUT2D eigenvalue weighted by Crippen LogP contribution is 2.16. The molecule has 2 rings (SSSR count). The van der Waals surface area contributed by atoms with Gasteiger partial charge in [0.15, 0.2) is 6.61 Å². The molecule has 0 aliphatic rings. The molecule has 6 heteroatoms. The summed E-state index contributed by atoms with van der Waals surface area (Å²) >= 11 is 3.34. The van der Waals surface area contributed by atoms with E-state index in [4.69, 9.17) is 9.57 Å². The van der Waals surface area contributed by atoms with Crippen molar-refractivity contribution in [2.75, 3.05) is 19.0 Å². The molecule has 0 aliphatic carbocycles. The number of carbonyl (C=O) groups excluding carboxylic acids is 1. The quantitative estimate of drug-likeness (QED) is 0.632. The highest BCUT2D eigenvalue weighted by atomic mass is 79.9. The van der Waals surface area contributed by atoms with Gasteiger partial charge in [-0.1, -0.05) is 39.3 Å². The van der Waals surface area contributed by atoms with E-state index in [2.05, 4.69) is 26.4 Å². The van der Waals surface area contributed by atoms with Gasteiger partial charge >= 0.3 is 0 Å². The standard InChI is InChI=1S/C16H15BrN2O3/c1-21-15-8-3-2-5-12(15)10-18-22-11-16(20)19-14-7-4-6-13(17)9-14/h2-10H,11H2,1H3,(H,19,20)/b18-10-. The number of nitrogens with zero attached hydrogens (tertiary/aromatic N) is 1. The maximum atomic E-state index is 11.7. The Morgan fingerprint density at radius 2 is 2.09 bits per heavy atom. The van der Waals surface area contributed by atoms with E-state index in [0.29, 0.717) is 11.4 Å². The summed E-state index contributed by atoms with van der Waals surface area (Å²) in [7, 11) is 1.58. The number of methoxy groups -OCH3 is 1. The van der Waals surface area contributed by atoms with Gasteiger partial charge in [0, 0.05) is 15.7 Å². The second kappa shape index (κ2) is 8.19. The second-order valence-electron chi connectivity index (χ2n) is 4.31. The van der Waals surface area contributed by atoms with Crippen LogP contribution < -0.4 is 10.1 Å². The first kappa shape index (κ1) is 16.0. The molecule has 114 valence electrons. The third kappa shape index (κ3) is 4.89. The molecule has 0 saturated heterocycles. The Kier molecular flexibility index (Phi) is 5.97. The fraction of sp³-hybridized carbons (Fsp3) is 0.125. The average molecular weight is 363 g/mol. The van der Waals surface area contributed by atoms with Gasteiger partial charge in [-0.15, -0.1) is 0 Å². The van der Waals surface area contributed by atoms with Gasteiger partial charge in [-0.3, -0.25) is 4.79 Å². The number of nitrogens with one attached hydrogen (secondary N) is 1. The van der Waals surface area contributed by atoms with Crippen LogP contribution in [0.3, 0.4) is 0 Å². The van der Waals surface area contributed by atoms with Crippen molar-refractivity contribution >= 4 is 33.7 Å². The van der Waals surface area contributed by atoms with E-state index in [0.717, 1.165) is 10.0 Å².